The fourth-order valence-corrected chi connectivity index (χ4v) is 2.76. The van der Waals surface area contributed by atoms with E-state index < -0.39 is 0 Å². The van der Waals surface area contributed by atoms with Crippen LogP contribution in [-0.4, -0.2) is 42.0 Å². The second-order valence-electron chi connectivity index (χ2n) is 5.99. The van der Waals surface area contributed by atoms with Gasteiger partial charge in [-0.2, -0.15) is 5.26 Å². The number of hydrogen-bond donors (Lipinski definition) is 0. The Balaban J connectivity index is 2.19. The lowest BCUT2D eigenvalue weighted by Gasteiger charge is -2.47. The minimum absolute atomic E-state index is 0.167. The molecule has 0 bridgehead atoms. The van der Waals surface area contributed by atoms with Crippen LogP contribution in [0.3, 0.4) is 0 Å². The van der Waals surface area contributed by atoms with Crippen molar-refractivity contribution in [1.82, 2.24) is 9.80 Å². The van der Waals surface area contributed by atoms with Crippen LogP contribution in [0.4, 0.5) is 0 Å². The highest BCUT2D eigenvalue weighted by Crippen LogP contribution is 2.29. The number of nitrogens with zero attached hydrogens (tertiary/aromatic N) is 3. The Labute approximate surface area is 116 Å². The first kappa shape index (κ1) is 14.0. The van der Waals surface area contributed by atoms with Crippen molar-refractivity contribution in [2.24, 2.45) is 0 Å². The lowest BCUT2D eigenvalue weighted by Crippen LogP contribution is -2.58. The van der Waals surface area contributed by atoms with Crippen LogP contribution < -0.4 is 0 Å². The van der Waals surface area contributed by atoms with Gasteiger partial charge in [-0.15, -0.1) is 0 Å². The third kappa shape index (κ3) is 3.15. The summed E-state index contributed by atoms with van der Waals surface area (Å²) in [6.07, 6.45) is 0.559. The quantitative estimate of drug-likeness (QED) is 0.834. The molecule has 3 nitrogen and oxygen atoms in total. The molecule has 3 heteroatoms. The summed E-state index contributed by atoms with van der Waals surface area (Å²) in [4.78, 5) is 4.86. The van der Waals surface area contributed by atoms with E-state index in [9.17, 15) is 0 Å². The molecule has 0 N–H and O–H groups in total. The van der Waals surface area contributed by atoms with Gasteiger partial charge in [-0.25, -0.2) is 0 Å². The molecular formula is C16H23N3. The summed E-state index contributed by atoms with van der Waals surface area (Å²) in [5.41, 5.74) is 1.42. The lowest BCUT2D eigenvalue weighted by atomic mass is 9.95. The normalized spacial score (nSPS) is 21.8. The highest BCUT2D eigenvalue weighted by molar-refractivity contribution is 5.20. The third-order valence-corrected chi connectivity index (χ3v) is 4.26. The Kier molecular flexibility index (Phi) is 4.24. The Morgan fingerprint density at radius 2 is 1.95 bits per heavy atom. The zero-order valence-corrected chi connectivity index (χ0v) is 12.1. The molecule has 2 rings (SSSR count). The summed E-state index contributed by atoms with van der Waals surface area (Å²) < 4.78 is 0. The smallest absolute Gasteiger partial charge is 0.0641 e. The highest BCUT2D eigenvalue weighted by Gasteiger charge is 2.34. The molecule has 102 valence electrons. The van der Waals surface area contributed by atoms with Crippen molar-refractivity contribution >= 4 is 0 Å². The average Bonchev–Trinajstić information content (AvgIpc) is 2.40. The lowest BCUT2D eigenvalue weighted by molar-refractivity contribution is 0.0170. The maximum atomic E-state index is 9.12. The summed E-state index contributed by atoms with van der Waals surface area (Å²) >= 11 is 0. The molecule has 1 aliphatic heterocycles. The molecule has 1 aromatic carbocycles. The number of nitriles is 1. The van der Waals surface area contributed by atoms with Gasteiger partial charge in [0.2, 0.25) is 0 Å². The van der Waals surface area contributed by atoms with Crippen LogP contribution in [0, 0.1) is 11.3 Å². The molecule has 1 saturated heterocycles. The van der Waals surface area contributed by atoms with Crippen molar-refractivity contribution in [1.29, 1.82) is 5.26 Å². The molecule has 1 fully saturated rings. The minimum atomic E-state index is 0.167. The van der Waals surface area contributed by atoms with E-state index in [0.29, 0.717) is 6.42 Å². The number of rotatable bonds is 3. The van der Waals surface area contributed by atoms with Crippen molar-refractivity contribution in [2.75, 3.05) is 26.7 Å². The van der Waals surface area contributed by atoms with Crippen molar-refractivity contribution in [3.05, 3.63) is 35.9 Å². The predicted octanol–water partition coefficient (Wildman–Crippen LogP) is 2.67. The van der Waals surface area contributed by atoms with E-state index in [1.807, 2.05) is 6.07 Å². The van der Waals surface area contributed by atoms with E-state index in [0.717, 1.165) is 19.6 Å². The summed E-state index contributed by atoms with van der Waals surface area (Å²) in [5.74, 6) is 0. The fourth-order valence-electron chi connectivity index (χ4n) is 2.76. The second-order valence-corrected chi connectivity index (χ2v) is 5.99. The zero-order valence-electron chi connectivity index (χ0n) is 12.1. The summed E-state index contributed by atoms with van der Waals surface area (Å²) in [7, 11) is 2.18. The van der Waals surface area contributed by atoms with E-state index in [2.05, 4.69) is 61.0 Å². The third-order valence-electron chi connectivity index (χ3n) is 4.26. The first-order valence-electron chi connectivity index (χ1n) is 6.92. The van der Waals surface area contributed by atoms with Crippen LogP contribution >= 0.6 is 0 Å². The van der Waals surface area contributed by atoms with Crippen LogP contribution in [0.2, 0.25) is 0 Å². The highest BCUT2D eigenvalue weighted by atomic mass is 15.3. The fraction of sp³-hybridized carbons (Fsp3) is 0.562. The van der Waals surface area contributed by atoms with Gasteiger partial charge >= 0.3 is 0 Å². The van der Waals surface area contributed by atoms with Crippen LogP contribution in [-0.2, 0) is 0 Å². The maximum Gasteiger partial charge on any atom is 0.0641 e. The number of benzene rings is 1. The molecular weight excluding hydrogens is 234 g/mol. The second kappa shape index (κ2) is 5.73. The molecule has 1 heterocycles. The van der Waals surface area contributed by atoms with Crippen molar-refractivity contribution in [2.45, 2.75) is 31.8 Å². The van der Waals surface area contributed by atoms with Crippen LogP contribution in [0.1, 0.15) is 31.9 Å². The van der Waals surface area contributed by atoms with Crippen molar-refractivity contribution in [3.8, 4) is 6.07 Å². The largest absolute Gasteiger partial charge is 0.299 e. The first-order valence-corrected chi connectivity index (χ1v) is 6.92. The standard InChI is InChI=1S/C16H23N3/c1-16(2)13-19(12-11-18(16)3)15(9-10-17)14-7-5-4-6-8-14/h4-8,15H,9,11-13H2,1-3H3. The molecule has 0 aliphatic carbocycles. The molecule has 1 unspecified atom stereocenters. The van der Waals surface area contributed by atoms with E-state index >= 15 is 0 Å². The van der Waals surface area contributed by atoms with E-state index in [1.165, 1.54) is 5.56 Å². The Morgan fingerprint density at radius 3 is 2.53 bits per heavy atom. The Bertz CT molecular complexity index is 447. The van der Waals surface area contributed by atoms with Gasteiger partial charge in [0.1, 0.15) is 0 Å². The SMILES string of the molecule is CN1CCN(C(CC#N)c2ccccc2)CC1(C)C. The summed E-state index contributed by atoms with van der Waals surface area (Å²) in [6, 6.07) is 13.0. The molecule has 1 atom stereocenters. The van der Waals surface area contributed by atoms with Gasteiger partial charge in [-0.3, -0.25) is 9.80 Å². The van der Waals surface area contributed by atoms with Gasteiger partial charge < -0.3 is 0 Å². The molecule has 0 spiro atoms. The topological polar surface area (TPSA) is 30.3 Å². The molecule has 0 aromatic heterocycles. The number of likely N-dealkylation sites (N-methyl/N-ethyl adjacent to an activating group) is 1. The van der Waals surface area contributed by atoms with E-state index in [1.54, 1.807) is 0 Å². The number of hydrogen-bond acceptors (Lipinski definition) is 3. The summed E-state index contributed by atoms with van der Waals surface area (Å²) in [6.45, 7) is 7.63. The van der Waals surface area contributed by atoms with Crippen LogP contribution in [0.5, 0.6) is 0 Å². The average molecular weight is 257 g/mol. The number of piperazine rings is 1. The van der Waals surface area contributed by atoms with Crippen LogP contribution in [0.25, 0.3) is 0 Å². The van der Waals surface area contributed by atoms with Gasteiger partial charge in [0.15, 0.2) is 0 Å². The maximum absolute atomic E-state index is 9.12. The van der Waals surface area contributed by atoms with E-state index in [4.69, 9.17) is 5.26 Å². The van der Waals surface area contributed by atoms with E-state index in [-0.39, 0.29) is 11.6 Å². The summed E-state index contributed by atoms with van der Waals surface area (Å²) in [5, 5.41) is 9.12. The molecule has 19 heavy (non-hydrogen) atoms. The molecule has 1 aliphatic rings. The van der Waals surface area contributed by atoms with Gasteiger partial charge in [0.05, 0.1) is 12.5 Å². The first-order chi connectivity index (χ1) is 9.04. The molecule has 0 amide bonds. The zero-order chi connectivity index (χ0) is 13.9. The van der Waals surface area contributed by atoms with Gasteiger partial charge in [0.25, 0.3) is 0 Å². The van der Waals surface area contributed by atoms with Gasteiger partial charge in [-0.05, 0) is 26.5 Å². The van der Waals surface area contributed by atoms with Crippen LogP contribution in [0.15, 0.2) is 30.3 Å². The monoisotopic (exact) mass is 257 g/mol. The van der Waals surface area contributed by atoms with Gasteiger partial charge in [0, 0.05) is 31.2 Å². The Morgan fingerprint density at radius 1 is 1.26 bits per heavy atom. The Hall–Kier alpha value is -1.37. The minimum Gasteiger partial charge on any atom is -0.299 e. The molecule has 0 radical (unpaired) electrons. The molecule has 1 aromatic rings. The van der Waals surface area contributed by atoms with Gasteiger partial charge in [-0.1, -0.05) is 30.3 Å². The molecule has 0 saturated carbocycles. The van der Waals surface area contributed by atoms with Crippen molar-refractivity contribution in [3.63, 3.8) is 0 Å². The van der Waals surface area contributed by atoms with Crippen molar-refractivity contribution < 1.29 is 0 Å². The predicted molar refractivity (Wildman–Crippen MR) is 77.7 cm³/mol.